The molecule has 0 aromatic carbocycles. The lowest BCUT2D eigenvalue weighted by Crippen LogP contribution is -2.21. The van der Waals surface area contributed by atoms with Crippen LogP contribution in [0.3, 0.4) is 0 Å². The van der Waals surface area contributed by atoms with Gasteiger partial charge in [0.15, 0.2) is 5.75 Å². The van der Waals surface area contributed by atoms with Gasteiger partial charge in [-0.1, -0.05) is 0 Å². The van der Waals surface area contributed by atoms with Gasteiger partial charge in [0.05, 0.1) is 6.54 Å². The van der Waals surface area contributed by atoms with E-state index in [-0.39, 0.29) is 5.75 Å². The highest BCUT2D eigenvalue weighted by Crippen LogP contribution is 2.05. The summed E-state index contributed by atoms with van der Waals surface area (Å²) in [6.07, 6.45) is 1.97. The molecule has 0 saturated heterocycles. The molecule has 0 aliphatic heterocycles. The highest BCUT2D eigenvalue weighted by atomic mass is 16.4. The fourth-order valence-corrected chi connectivity index (χ4v) is 1.23. The Labute approximate surface area is 88.1 Å². The van der Waals surface area contributed by atoms with Crippen molar-refractivity contribution >= 4 is 0 Å². The molecule has 1 aromatic heterocycles. The zero-order chi connectivity index (χ0) is 11.3. The first-order chi connectivity index (χ1) is 7.13. The van der Waals surface area contributed by atoms with Gasteiger partial charge in [-0.2, -0.15) is 0 Å². The van der Waals surface area contributed by atoms with Gasteiger partial charge in [-0.25, -0.2) is 0 Å². The van der Waals surface area contributed by atoms with Gasteiger partial charge in [0.25, 0.3) is 0 Å². The second kappa shape index (κ2) is 5.53. The first-order valence-corrected chi connectivity index (χ1v) is 4.83. The summed E-state index contributed by atoms with van der Waals surface area (Å²) in [5.41, 5.74) is 4.97. The molecule has 0 atom stereocenters. The van der Waals surface area contributed by atoms with Crippen LogP contribution in [0.1, 0.15) is 12.2 Å². The minimum atomic E-state index is -0.413. The Kier molecular flexibility index (Phi) is 4.33. The van der Waals surface area contributed by atoms with Gasteiger partial charge in [0.2, 0.25) is 5.43 Å². The molecule has 0 fully saturated rings. The molecule has 0 saturated carbocycles. The summed E-state index contributed by atoms with van der Waals surface area (Å²) in [6, 6.07) is 1.30. The van der Waals surface area contributed by atoms with Gasteiger partial charge in [-0.05, 0) is 26.6 Å². The molecular formula is C10H16N2O3. The Morgan fingerprint density at radius 3 is 2.93 bits per heavy atom. The van der Waals surface area contributed by atoms with Crippen molar-refractivity contribution in [1.29, 1.82) is 0 Å². The quantitative estimate of drug-likeness (QED) is 0.725. The van der Waals surface area contributed by atoms with E-state index in [0.717, 1.165) is 19.2 Å². The summed E-state index contributed by atoms with van der Waals surface area (Å²) in [7, 11) is 1.92. The van der Waals surface area contributed by atoms with Crippen LogP contribution >= 0.6 is 0 Å². The Morgan fingerprint density at radius 2 is 2.33 bits per heavy atom. The third-order valence-electron chi connectivity index (χ3n) is 2.04. The van der Waals surface area contributed by atoms with E-state index >= 15 is 0 Å². The van der Waals surface area contributed by atoms with Crippen LogP contribution in [-0.2, 0) is 6.54 Å². The van der Waals surface area contributed by atoms with Crippen LogP contribution in [-0.4, -0.2) is 30.1 Å². The zero-order valence-electron chi connectivity index (χ0n) is 8.77. The number of hydrogen-bond acceptors (Lipinski definition) is 5. The molecule has 1 aromatic rings. The molecular weight excluding hydrogens is 196 g/mol. The molecule has 5 heteroatoms. The summed E-state index contributed by atoms with van der Waals surface area (Å²) in [6.45, 7) is 2.03. The Hall–Kier alpha value is -1.33. The molecule has 0 spiro atoms. The van der Waals surface area contributed by atoms with Gasteiger partial charge >= 0.3 is 0 Å². The number of rotatable bonds is 5. The van der Waals surface area contributed by atoms with Crippen molar-refractivity contribution in [3.8, 4) is 5.75 Å². The second-order valence-electron chi connectivity index (χ2n) is 3.48. The monoisotopic (exact) mass is 212 g/mol. The summed E-state index contributed by atoms with van der Waals surface area (Å²) >= 11 is 0. The fourth-order valence-electron chi connectivity index (χ4n) is 1.23. The van der Waals surface area contributed by atoms with Crippen molar-refractivity contribution in [2.24, 2.45) is 5.73 Å². The van der Waals surface area contributed by atoms with Crippen molar-refractivity contribution in [2.45, 2.75) is 13.0 Å². The maximum atomic E-state index is 11.1. The van der Waals surface area contributed by atoms with Gasteiger partial charge in [0.1, 0.15) is 12.0 Å². The van der Waals surface area contributed by atoms with E-state index in [1.807, 2.05) is 11.9 Å². The molecule has 5 nitrogen and oxygen atoms in total. The lowest BCUT2D eigenvalue weighted by Gasteiger charge is -2.14. The number of hydrogen-bond donors (Lipinski definition) is 2. The van der Waals surface area contributed by atoms with Crippen molar-refractivity contribution in [3.05, 3.63) is 28.3 Å². The standard InChI is InChI=1S/C10H16N2O3/c1-12(4-2-3-11)6-8-5-9(13)10(14)7-15-8/h5,7,14H,2-4,6,11H2,1H3. The van der Waals surface area contributed by atoms with Gasteiger partial charge in [-0.3, -0.25) is 9.69 Å². The zero-order valence-corrected chi connectivity index (χ0v) is 8.77. The maximum absolute atomic E-state index is 11.1. The molecule has 1 heterocycles. The molecule has 0 radical (unpaired) electrons. The summed E-state index contributed by atoms with van der Waals surface area (Å²) in [5.74, 6) is 0.181. The lowest BCUT2D eigenvalue weighted by atomic mass is 10.3. The van der Waals surface area contributed by atoms with Crippen molar-refractivity contribution < 1.29 is 9.52 Å². The topological polar surface area (TPSA) is 79.7 Å². The molecule has 1 rings (SSSR count). The fraction of sp³-hybridized carbons (Fsp3) is 0.500. The molecule has 0 aliphatic rings. The van der Waals surface area contributed by atoms with Crippen LogP contribution in [0, 0.1) is 0 Å². The van der Waals surface area contributed by atoms with Crippen molar-refractivity contribution in [3.63, 3.8) is 0 Å². The first-order valence-electron chi connectivity index (χ1n) is 4.83. The van der Waals surface area contributed by atoms with E-state index < -0.39 is 5.43 Å². The Bertz CT molecular complexity index is 362. The normalized spacial score (nSPS) is 10.9. The van der Waals surface area contributed by atoms with Crippen LogP contribution in [0.4, 0.5) is 0 Å². The largest absolute Gasteiger partial charge is 0.502 e. The molecule has 84 valence electrons. The average molecular weight is 212 g/mol. The van der Waals surface area contributed by atoms with E-state index in [2.05, 4.69) is 0 Å². The van der Waals surface area contributed by atoms with E-state index in [9.17, 15) is 4.79 Å². The van der Waals surface area contributed by atoms with E-state index in [1.165, 1.54) is 6.07 Å². The Morgan fingerprint density at radius 1 is 1.60 bits per heavy atom. The summed E-state index contributed by atoms with van der Waals surface area (Å²) < 4.78 is 5.07. The van der Waals surface area contributed by atoms with Crippen LogP contribution in [0.25, 0.3) is 0 Å². The van der Waals surface area contributed by atoms with Crippen LogP contribution in [0.2, 0.25) is 0 Å². The molecule has 0 amide bonds. The molecule has 3 N–H and O–H groups in total. The smallest absolute Gasteiger partial charge is 0.226 e. The van der Waals surface area contributed by atoms with Crippen LogP contribution < -0.4 is 11.2 Å². The number of nitrogens with zero attached hydrogens (tertiary/aromatic N) is 1. The van der Waals surface area contributed by atoms with Gasteiger partial charge in [-0.15, -0.1) is 0 Å². The molecule has 0 bridgehead atoms. The number of aromatic hydroxyl groups is 1. The Balaban J connectivity index is 2.57. The minimum Gasteiger partial charge on any atom is -0.502 e. The van der Waals surface area contributed by atoms with E-state index in [0.29, 0.717) is 18.8 Å². The van der Waals surface area contributed by atoms with Gasteiger partial charge in [0, 0.05) is 6.07 Å². The van der Waals surface area contributed by atoms with Gasteiger partial charge < -0.3 is 15.3 Å². The predicted octanol–water partition coefficient (Wildman–Crippen LogP) is 0.126. The van der Waals surface area contributed by atoms with Crippen molar-refractivity contribution in [1.82, 2.24) is 4.90 Å². The van der Waals surface area contributed by atoms with Crippen LogP contribution in [0.5, 0.6) is 5.75 Å². The SMILES string of the molecule is CN(CCCN)Cc1cc(=O)c(O)co1. The molecule has 15 heavy (non-hydrogen) atoms. The number of nitrogens with two attached hydrogens (primary N) is 1. The van der Waals surface area contributed by atoms with E-state index in [1.54, 1.807) is 0 Å². The molecule has 0 aliphatic carbocycles. The third-order valence-corrected chi connectivity index (χ3v) is 2.04. The molecule has 0 unspecified atom stereocenters. The summed E-state index contributed by atoms with van der Waals surface area (Å²) in [5, 5.41) is 8.98. The maximum Gasteiger partial charge on any atom is 0.226 e. The third kappa shape index (κ3) is 3.73. The highest BCUT2D eigenvalue weighted by molar-refractivity contribution is 5.15. The minimum absolute atomic E-state index is 0.358. The predicted molar refractivity (Wildman–Crippen MR) is 56.6 cm³/mol. The van der Waals surface area contributed by atoms with Crippen molar-refractivity contribution in [2.75, 3.05) is 20.1 Å². The first kappa shape index (κ1) is 11.7. The highest BCUT2D eigenvalue weighted by Gasteiger charge is 2.04. The lowest BCUT2D eigenvalue weighted by molar-refractivity contribution is 0.286. The average Bonchev–Trinajstić information content (AvgIpc) is 2.20. The second-order valence-corrected chi connectivity index (χ2v) is 3.48. The summed E-state index contributed by atoms with van der Waals surface area (Å²) in [4.78, 5) is 13.1. The van der Waals surface area contributed by atoms with Crippen LogP contribution in [0.15, 0.2) is 21.5 Å². The van der Waals surface area contributed by atoms with E-state index in [4.69, 9.17) is 15.3 Å².